The van der Waals surface area contributed by atoms with Crippen LogP contribution in [0.25, 0.3) is 0 Å². The Morgan fingerprint density at radius 1 is 1.07 bits per heavy atom. The fraction of sp³-hybridized carbons (Fsp3) is 0.639. The van der Waals surface area contributed by atoms with Crippen LogP contribution in [0.15, 0.2) is 55.6 Å². The molecule has 3 amide bonds. The van der Waals surface area contributed by atoms with Crippen LogP contribution in [0.4, 0.5) is 0 Å². The lowest BCUT2D eigenvalue weighted by Gasteiger charge is -2.46. The van der Waals surface area contributed by atoms with Crippen molar-refractivity contribution in [3.8, 4) is 0 Å². The van der Waals surface area contributed by atoms with Crippen LogP contribution in [0.2, 0.25) is 0 Å². The minimum absolute atomic E-state index is 0.00267. The van der Waals surface area contributed by atoms with Crippen molar-refractivity contribution in [1.82, 2.24) is 14.7 Å². The van der Waals surface area contributed by atoms with Gasteiger partial charge in [-0.3, -0.25) is 14.4 Å². The smallest absolute Gasteiger partial charge is 0.247 e. The standard InChI is InChI=1S/C36H52BrN3O4S/c1-8-18-38(23-25-16-12-10-13-17-25)31(42)27-28-32(43)39(20-14-11-15-21-41)30(36(28)22-26(37)29(27)45-36)33(44)40(19-9-2)35(6,7)24-34(3,4)5/h8-10,12-13,16-17,26-30,41H,1-2,11,14-15,18-24H2,3-7H3/t26?,27-,28-,29-,30?,36?/m0/s1. The van der Waals surface area contributed by atoms with Crippen LogP contribution in [0.1, 0.15) is 72.3 Å². The largest absolute Gasteiger partial charge is 0.396 e. The quantitative estimate of drug-likeness (QED) is 0.137. The summed E-state index contributed by atoms with van der Waals surface area (Å²) in [4.78, 5) is 49.7. The summed E-state index contributed by atoms with van der Waals surface area (Å²) in [5.41, 5.74) is 0.516. The second-order valence-electron chi connectivity index (χ2n) is 14.8. The number of halogens is 1. The maximum atomic E-state index is 15.0. The lowest BCUT2D eigenvalue weighted by Crippen LogP contribution is -2.60. The first-order valence-corrected chi connectivity index (χ1v) is 18.1. The molecule has 1 spiro atoms. The van der Waals surface area contributed by atoms with Crippen LogP contribution >= 0.6 is 27.7 Å². The third-order valence-corrected chi connectivity index (χ3v) is 12.7. The van der Waals surface area contributed by atoms with E-state index in [9.17, 15) is 14.7 Å². The third kappa shape index (κ3) is 7.25. The predicted octanol–water partition coefficient (Wildman–Crippen LogP) is 6.06. The normalized spacial score (nSPS) is 27.4. The van der Waals surface area contributed by atoms with Gasteiger partial charge in [0.05, 0.1) is 16.6 Å². The van der Waals surface area contributed by atoms with E-state index in [1.165, 1.54) is 0 Å². The van der Waals surface area contributed by atoms with Gasteiger partial charge in [-0.2, -0.15) is 0 Å². The lowest BCUT2D eigenvalue weighted by molar-refractivity contribution is -0.147. The zero-order valence-corrected chi connectivity index (χ0v) is 30.1. The average Bonchev–Trinajstić information content (AvgIpc) is 3.55. The molecule has 3 aliphatic heterocycles. The van der Waals surface area contributed by atoms with E-state index in [2.05, 4.69) is 63.7 Å². The molecule has 1 aromatic rings. The first-order valence-electron chi connectivity index (χ1n) is 16.3. The highest BCUT2D eigenvalue weighted by Crippen LogP contribution is 2.68. The van der Waals surface area contributed by atoms with Crippen molar-refractivity contribution in [2.75, 3.05) is 26.2 Å². The number of nitrogens with zero attached hydrogens (tertiary/aromatic N) is 3. The Morgan fingerprint density at radius 2 is 1.73 bits per heavy atom. The Balaban J connectivity index is 1.76. The Labute approximate surface area is 283 Å². The van der Waals surface area contributed by atoms with Crippen molar-refractivity contribution in [2.24, 2.45) is 17.3 Å². The summed E-state index contributed by atoms with van der Waals surface area (Å²) in [6.45, 7) is 20.4. The Kier molecular flexibility index (Phi) is 11.4. The predicted molar refractivity (Wildman–Crippen MR) is 187 cm³/mol. The molecule has 7 nitrogen and oxygen atoms in total. The number of thioether (sulfide) groups is 1. The molecule has 2 bridgehead atoms. The summed E-state index contributed by atoms with van der Waals surface area (Å²) < 4.78 is -0.714. The molecule has 45 heavy (non-hydrogen) atoms. The molecule has 3 heterocycles. The molecule has 0 radical (unpaired) electrons. The molecule has 1 N–H and O–H groups in total. The van der Waals surface area contributed by atoms with Crippen molar-refractivity contribution >= 4 is 45.4 Å². The first-order chi connectivity index (χ1) is 21.2. The van der Waals surface area contributed by atoms with Gasteiger partial charge in [0.25, 0.3) is 0 Å². The number of unbranched alkanes of at least 4 members (excludes halogenated alkanes) is 2. The van der Waals surface area contributed by atoms with Crippen molar-refractivity contribution in [3.05, 3.63) is 61.2 Å². The molecular weight excluding hydrogens is 650 g/mol. The highest BCUT2D eigenvalue weighted by atomic mass is 79.9. The van der Waals surface area contributed by atoms with E-state index in [0.717, 1.165) is 18.4 Å². The molecule has 0 aliphatic carbocycles. The summed E-state index contributed by atoms with van der Waals surface area (Å²) in [7, 11) is 0. The van der Waals surface area contributed by atoms with Crippen LogP contribution < -0.4 is 0 Å². The number of amides is 3. The number of carbonyl (C=O) groups is 3. The summed E-state index contributed by atoms with van der Waals surface area (Å²) in [5, 5.41) is 9.28. The van der Waals surface area contributed by atoms with Gasteiger partial charge in [0.1, 0.15) is 6.04 Å². The second-order valence-corrected chi connectivity index (χ2v) is 17.5. The molecule has 0 saturated carbocycles. The maximum absolute atomic E-state index is 15.0. The van der Waals surface area contributed by atoms with Gasteiger partial charge >= 0.3 is 0 Å². The van der Waals surface area contributed by atoms with Gasteiger partial charge in [0, 0.05) is 48.4 Å². The Bertz CT molecular complexity index is 1250. The van der Waals surface area contributed by atoms with Gasteiger partial charge in [-0.15, -0.1) is 24.9 Å². The van der Waals surface area contributed by atoms with E-state index in [1.54, 1.807) is 28.8 Å². The Hall–Kier alpha value is -2.10. The van der Waals surface area contributed by atoms with Crippen LogP contribution in [0.3, 0.4) is 0 Å². The fourth-order valence-corrected chi connectivity index (χ4v) is 11.8. The summed E-state index contributed by atoms with van der Waals surface area (Å²) >= 11 is 5.60. The van der Waals surface area contributed by atoms with Gasteiger partial charge in [0.2, 0.25) is 17.7 Å². The van der Waals surface area contributed by atoms with E-state index in [4.69, 9.17) is 0 Å². The van der Waals surface area contributed by atoms with Crippen LogP contribution in [0.5, 0.6) is 0 Å². The third-order valence-electron chi connectivity index (χ3n) is 9.51. The SMILES string of the molecule is C=CCN(Cc1ccccc1)C(=O)[C@H]1[C@H]2C(=O)N(CCCCCO)C(C(=O)N(CC=C)C(C)(C)CC(C)(C)C)C23CC(Br)[C@@H]1S3. The van der Waals surface area contributed by atoms with Gasteiger partial charge in [0.15, 0.2) is 0 Å². The van der Waals surface area contributed by atoms with Crippen molar-refractivity contribution < 1.29 is 19.5 Å². The molecule has 9 heteroatoms. The highest BCUT2D eigenvalue weighted by Gasteiger charge is 2.76. The van der Waals surface area contributed by atoms with Crippen LogP contribution in [0, 0.1) is 17.3 Å². The number of hydrogen-bond donors (Lipinski definition) is 1. The zero-order valence-electron chi connectivity index (χ0n) is 27.7. The average molecular weight is 703 g/mol. The number of likely N-dealkylation sites (tertiary alicyclic amines) is 1. The first kappa shape index (κ1) is 35.7. The molecule has 1 aromatic carbocycles. The molecule has 3 aliphatic rings. The molecule has 3 unspecified atom stereocenters. The zero-order chi connectivity index (χ0) is 33.2. The number of carbonyl (C=O) groups excluding carboxylic acids is 3. The minimum Gasteiger partial charge on any atom is -0.396 e. The van der Waals surface area contributed by atoms with E-state index >= 15 is 4.79 Å². The molecule has 4 rings (SSSR count). The van der Waals surface area contributed by atoms with Gasteiger partial charge in [-0.25, -0.2) is 0 Å². The minimum atomic E-state index is -0.714. The highest BCUT2D eigenvalue weighted by molar-refractivity contribution is 9.09. The van der Waals surface area contributed by atoms with Crippen LogP contribution in [-0.4, -0.2) is 90.2 Å². The lowest BCUT2D eigenvalue weighted by atomic mass is 9.70. The topological polar surface area (TPSA) is 81.2 Å². The maximum Gasteiger partial charge on any atom is 0.247 e. The number of aliphatic hydroxyl groups excluding tert-OH is 1. The molecule has 3 saturated heterocycles. The van der Waals surface area contributed by atoms with Gasteiger partial charge in [-0.1, -0.05) is 79.2 Å². The van der Waals surface area contributed by atoms with Crippen molar-refractivity contribution in [3.63, 3.8) is 0 Å². The second kappa shape index (κ2) is 14.3. The van der Waals surface area contributed by atoms with Crippen LogP contribution in [-0.2, 0) is 20.9 Å². The number of rotatable bonds is 15. The summed E-state index contributed by atoms with van der Waals surface area (Å²) in [6.07, 6.45) is 7.03. The molecular formula is C36H52BrN3O4S. The number of benzene rings is 1. The Morgan fingerprint density at radius 3 is 2.33 bits per heavy atom. The fourth-order valence-electron chi connectivity index (χ4n) is 8.21. The van der Waals surface area contributed by atoms with E-state index in [1.807, 2.05) is 40.1 Å². The van der Waals surface area contributed by atoms with Gasteiger partial charge in [-0.05, 0) is 56.9 Å². The molecule has 248 valence electrons. The van der Waals surface area contributed by atoms with Gasteiger partial charge < -0.3 is 19.8 Å². The van der Waals surface area contributed by atoms with Crippen molar-refractivity contribution in [1.29, 1.82) is 0 Å². The number of hydrogen-bond acceptors (Lipinski definition) is 5. The summed E-state index contributed by atoms with van der Waals surface area (Å²) in [6, 6.07) is 9.21. The van der Waals surface area contributed by atoms with E-state index in [0.29, 0.717) is 45.4 Å². The molecule has 6 atom stereocenters. The van der Waals surface area contributed by atoms with Crippen molar-refractivity contribution in [2.45, 2.75) is 99.7 Å². The van der Waals surface area contributed by atoms with E-state index < -0.39 is 28.2 Å². The molecule has 3 fully saturated rings. The molecule has 0 aromatic heterocycles. The number of aliphatic hydroxyl groups is 1. The number of alkyl halides is 1. The monoisotopic (exact) mass is 701 g/mol. The van der Waals surface area contributed by atoms with E-state index in [-0.39, 0.29) is 39.8 Å². The summed E-state index contributed by atoms with van der Waals surface area (Å²) in [5.74, 6) is -1.33. The number of fused-ring (bicyclic) bond motifs is 1.